The van der Waals surface area contributed by atoms with Gasteiger partial charge in [-0.2, -0.15) is 11.8 Å². The van der Waals surface area contributed by atoms with E-state index in [-0.39, 0.29) is 0 Å². The van der Waals surface area contributed by atoms with Crippen molar-refractivity contribution >= 4 is 23.1 Å². The summed E-state index contributed by atoms with van der Waals surface area (Å²) >= 11 is 3.69. The summed E-state index contributed by atoms with van der Waals surface area (Å²) in [6.07, 6.45) is 2.90. The number of hydrogen-bond acceptors (Lipinski definition) is 6. The SMILES string of the molecule is Cc1ncsc1CCOCC(O)CNC1CCSCC1. The molecule has 1 aromatic rings. The molecular weight excluding hydrogens is 292 g/mol. The molecule has 1 atom stereocenters. The van der Waals surface area contributed by atoms with Crippen molar-refractivity contribution in [1.29, 1.82) is 0 Å². The number of nitrogens with one attached hydrogen (secondary N) is 1. The third kappa shape index (κ3) is 5.69. The number of rotatable bonds is 8. The van der Waals surface area contributed by atoms with E-state index in [1.165, 1.54) is 29.2 Å². The van der Waals surface area contributed by atoms with E-state index in [4.69, 9.17) is 4.74 Å². The van der Waals surface area contributed by atoms with Gasteiger partial charge in [0.25, 0.3) is 0 Å². The Morgan fingerprint density at radius 2 is 2.30 bits per heavy atom. The number of thioether (sulfide) groups is 1. The molecule has 114 valence electrons. The fraction of sp³-hybridized carbons (Fsp3) is 0.786. The van der Waals surface area contributed by atoms with Crippen LogP contribution in [0.4, 0.5) is 0 Å². The smallest absolute Gasteiger partial charge is 0.0897 e. The molecule has 1 unspecified atom stereocenters. The molecule has 0 aliphatic carbocycles. The van der Waals surface area contributed by atoms with Crippen LogP contribution in [0.2, 0.25) is 0 Å². The Kier molecular flexibility index (Phi) is 7.30. The number of thiazole rings is 1. The third-order valence-electron chi connectivity index (χ3n) is 3.49. The van der Waals surface area contributed by atoms with Crippen molar-refractivity contribution < 1.29 is 9.84 Å². The summed E-state index contributed by atoms with van der Waals surface area (Å²) in [7, 11) is 0. The molecule has 0 amide bonds. The second kappa shape index (κ2) is 9.00. The number of aliphatic hydroxyl groups excluding tert-OH is 1. The maximum atomic E-state index is 9.89. The van der Waals surface area contributed by atoms with Crippen molar-refractivity contribution in [2.75, 3.05) is 31.3 Å². The van der Waals surface area contributed by atoms with Gasteiger partial charge in [-0.15, -0.1) is 11.3 Å². The molecule has 20 heavy (non-hydrogen) atoms. The second-order valence-electron chi connectivity index (χ2n) is 5.13. The number of aliphatic hydroxyl groups is 1. The van der Waals surface area contributed by atoms with Crippen LogP contribution in [-0.2, 0) is 11.2 Å². The summed E-state index contributed by atoms with van der Waals surface area (Å²) in [4.78, 5) is 5.49. The van der Waals surface area contributed by atoms with Gasteiger partial charge in [0.15, 0.2) is 0 Å². The lowest BCUT2D eigenvalue weighted by atomic mass is 10.1. The average molecular weight is 316 g/mol. The molecule has 1 aliphatic rings. The predicted octanol–water partition coefficient (Wildman–Crippen LogP) is 1.86. The predicted molar refractivity (Wildman–Crippen MR) is 85.7 cm³/mol. The molecule has 0 saturated carbocycles. The minimum absolute atomic E-state index is 0.409. The van der Waals surface area contributed by atoms with Gasteiger partial charge in [-0.1, -0.05) is 0 Å². The fourth-order valence-corrected chi connectivity index (χ4v) is 4.08. The van der Waals surface area contributed by atoms with Gasteiger partial charge in [-0.05, 0) is 31.3 Å². The highest BCUT2D eigenvalue weighted by molar-refractivity contribution is 7.99. The van der Waals surface area contributed by atoms with Crippen LogP contribution in [0.15, 0.2) is 5.51 Å². The number of aromatic nitrogens is 1. The minimum Gasteiger partial charge on any atom is -0.389 e. The first kappa shape index (κ1) is 16.2. The van der Waals surface area contributed by atoms with Gasteiger partial charge in [0.1, 0.15) is 0 Å². The van der Waals surface area contributed by atoms with Gasteiger partial charge in [0.05, 0.1) is 30.5 Å². The first-order valence-electron chi connectivity index (χ1n) is 7.21. The molecule has 2 rings (SSSR count). The van der Waals surface area contributed by atoms with Crippen molar-refractivity contribution in [3.63, 3.8) is 0 Å². The molecular formula is C14H24N2O2S2. The highest BCUT2D eigenvalue weighted by Crippen LogP contribution is 2.16. The zero-order valence-electron chi connectivity index (χ0n) is 12.0. The average Bonchev–Trinajstić information content (AvgIpc) is 2.88. The molecule has 1 aromatic heterocycles. The van der Waals surface area contributed by atoms with Gasteiger partial charge >= 0.3 is 0 Å². The summed E-state index contributed by atoms with van der Waals surface area (Å²) in [5.74, 6) is 2.47. The third-order valence-corrected chi connectivity index (χ3v) is 5.54. The highest BCUT2D eigenvalue weighted by atomic mass is 32.2. The molecule has 0 aromatic carbocycles. The van der Waals surface area contributed by atoms with E-state index in [0.29, 0.717) is 25.8 Å². The summed E-state index contributed by atoms with van der Waals surface area (Å²) < 4.78 is 5.55. The summed E-state index contributed by atoms with van der Waals surface area (Å²) in [6.45, 7) is 3.72. The minimum atomic E-state index is -0.410. The van der Waals surface area contributed by atoms with Crippen LogP contribution in [-0.4, -0.2) is 53.5 Å². The van der Waals surface area contributed by atoms with E-state index >= 15 is 0 Å². The van der Waals surface area contributed by atoms with E-state index in [9.17, 15) is 5.11 Å². The second-order valence-corrected chi connectivity index (χ2v) is 7.30. The standard InChI is InChI=1S/C14H24N2O2S2/c1-11-14(20-10-16-11)2-5-18-9-13(17)8-15-12-3-6-19-7-4-12/h10,12-13,15,17H,2-9H2,1H3. The van der Waals surface area contributed by atoms with Crippen molar-refractivity contribution in [1.82, 2.24) is 10.3 Å². The van der Waals surface area contributed by atoms with Crippen molar-refractivity contribution in [3.05, 3.63) is 16.1 Å². The molecule has 0 radical (unpaired) electrons. The van der Waals surface area contributed by atoms with Crippen LogP contribution in [0.1, 0.15) is 23.4 Å². The van der Waals surface area contributed by atoms with Gasteiger partial charge in [0, 0.05) is 23.9 Å². The number of aryl methyl sites for hydroxylation is 1. The zero-order chi connectivity index (χ0) is 14.2. The monoisotopic (exact) mass is 316 g/mol. The van der Waals surface area contributed by atoms with E-state index in [2.05, 4.69) is 10.3 Å². The Balaban J connectivity index is 1.51. The molecule has 1 fully saturated rings. The van der Waals surface area contributed by atoms with Crippen LogP contribution in [0.25, 0.3) is 0 Å². The molecule has 1 aliphatic heterocycles. The Morgan fingerprint density at radius 3 is 3.00 bits per heavy atom. The van der Waals surface area contributed by atoms with Gasteiger partial charge in [-0.25, -0.2) is 4.98 Å². The van der Waals surface area contributed by atoms with E-state index in [1.807, 2.05) is 24.2 Å². The maximum absolute atomic E-state index is 9.89. The lowest BCUT2D eigenvalue weighted by molar-refractivity contribution is 0.0370. The molecule has 0 bridgehead atoms. The summed E-state index contributed by atoms with van der Waals surface area (Å²) in [6, 6.07) is 0.575. The number of nitrogens with zero attached hydrogens (tertiary/aromatic N) is 1. The molecule has 1 saturated heterocycles. The summed E-state index contributed by atoms with van der Waals surface area (Å²) in [5.41, 5.74) is 2.96. The Bertz CT molecular complexity index is 381. The van der Waals surface area contributed by atoms with Gasteiger partial charge in [-0.3, -0.25) is 0 Å². The van der Waals surface area contributed by atoms with Crippen LogP contribution in [0.3, 0.4) is 0 Å². The Morgan fingerprint density at radius 1 is 1.50 bits per heavy atom. The Labute approximate surface area is 129 Å². The fourth-order valence-electron chi connectivity index (χ4n) is 2.21. The van der Waals surface area contributed by atoms with Crippen molar-refractivity contribution in [2.45, 2.75) is 38.3 Å². The maximum Gasteiger partial charge on any atom is 0.0897 e. The molecule has 6 heteroatoms. The van der Waals surface area contributed by atoms with Gasteiger partial charge < -0.3 is 15.2 Å². The number of ether oxygens (including phenoxy) is 1. The normalized spacial score (nSPS) is 18.3. The molecule has 2 heterocycles. The quantitative estimate of drug-likeness (QED) is 0.717. The van der Waals surface area contributed by atoms with E-state index in [0.717, 1.165) is 12.1 Å². The zero-order valence-corrected chi connectivity index (χ0v) is 13.6. The molecule has 0 spiro atoms. The van der Waals surface area contributed by atoms with Crippen LogP contribution >= 0.6 is 23.1 Å². The van der Waals surface area contributed by atoms with E-state index < -0.39 is 6.10 Å². The lowest BCUT2D eigenvalue weighted by Gasteiger charge is -2.24. The van der Waals surface area contributed by atoms with Crippen LogP contribution < -0.4 is 5.32 Å². The molecule has 2 N–H and O–H groups in total. The molecule has 4 nitrogen and oxygen atoms in total. The largest absolute Gasteiger partial charge is 0.389 e. The van der Waals surface area contributed by atoms with Gasteiger partial charge in [0.2, 0.25) is 0 Å². The van der Waals surface area contributed by atoms with Crippen molar-refractivity contribution in [2.24, 2.45) is 0 Å². The Hall–Kier alpha value is -0.140. The first-order valence-corrected chi connectivity index (χ1v) is 9.25. The van der Waals surface area contributed by atoms with Crippen molar-refractivity contribution in [3.8, 4) is 0 Å². The van der Waals surface area contributed by atoms with E-state index in [1.54, 1.807) is 11.3 Å². The van der Waals surface area contributed by atoms with Crippen LogP contribution in [0, 0.1) is 6.92 Å². The topological polar surface area (TPSA) is 54.4 Å². The number of hydrogen-bond donors (Lipinski definition) is 2. The first-order chi connectivity index (χ1) is 9.75. The highest BCUT2D eigenvalue weighted by Gasteiger charge is 2.14. The lowest BCUT2D eigenvalue weighted by Crippen LogP contribution is -2.39. The summed E-state index contributed by atoms with van der Waals surface area (Å²) in [5, 5.41) is 13.3. The van der Waals surface area contributed by atoms with Crippen LogP contribution in [0.5, 0.6) is 0 Å².